The number of hydrogen-bond acceptors (Lipinski definition) is 17. The topological polar surface area (TPSA) is 470 Å². The number of aliphatic hydroxyl groups is 2. The Bertz CT molecular complexity index is 2890. The van der Waals surface area contributed by atoms with Gasteiger partial charge in [-0.2, -0.15) is 8.42 Å². The lowest BCUT2D eigenvalue weighted by Crippen LogP contribution is -2.67. The molecule has 0 bridgehead atoms. The number of amides is 11. The number of H-pyrrole nitrogens is 1. The van der Waals surface area contributed by atoms with Gasteiger partial charge in [0.15, 0.2) is 0 Å². The van der Waals surface area contributed by atoms with Crippen molar-refractivity contribution < 1.29 is 75.9 Å². The Hall–Kier alpha value is -7.06. The first-order chi connectivity index (χ1) is 40.8. The number of aromatic amines is 1. The van der Waals surface area contributed by atoms with E-state index < -0.39 is 177 Å². The molecule has 88 heavy (non-hydrogen) atoms. The van der Waals surface area contributed by atoms with Crippen molar-refractivity contribution in [1.29, 1.82) is 0 Å². The van der Waals surface area contributed by atoms with Gasteiger partial charge >= 0.3 is 0 Å². The van der Waals surface area contributed by atoms with Crippen LogP contribution in [0.3, 0.4) is 0 Å². The minimum atomic E-state index is -5.29. The fourth-order valence-corrected chi connectivity index (χ4v) is 9.35. The van der Waals surface area contributed by atoms with Crippen molar-refractivity contribution in [2.45, 2.75) is 193 Å². The summed E-state index contributed by atoms with van der Waals surface area (Å²) in [6.45, 7) is 17.0. The number of pyridine rings is 1. The third-order valence-corrected chi connectivity index (χ3v) is 17.0. The largest absolute Gasteiger partial charge is 0.394 e. The third kappa shape index (κ3) is 22.8. The maximum atomic E-state index is 14.6. The Morgan fingerprint density at radius 2 is 1.10 bits per heavy atom. The molecule has 0 saturated carbocycles. The molecule has 0 radical (unpaired) electrons. The molecule has 0 unspecified atom stereocenters. The molecule has 12 atom stereocenters. The highest BCUT2D eigenvalue weighted by molar-refractivity contribution is 7.87. The summed E-state index contributed by atoms with van der Waals surface area (Å²) in [4.78, 5) is 162. The number of hydrogen-bond donors (Lipinski definition) is 15. The van der Waals surface area contributed by atoms with Crippen LogP contribution in [0.1, 0.15) is 138 Å². The van der Waals surface area contributed by atoms with Gasteiger partial charge in [0.1, 0.15) is 64.3 Å². The standard InChI is InChI=1S/C55H88Cl2N14O16S/c1-14-27(5)38(68-53(84)42(55(11,12)88(85,86)87)71-50(81)39(28(6)15-2)67-52(83)41(54(8,9)10)70-44(75)31-20-21-61-43(57)37(31)56)49(80)69-40(29(7)73)51(82)64-33(18-19-36(58)74)46(77)65-34(22-30-23-60-25-62-30)48(79)63-32(17-16-26(3)4)47(78)66-35(24-72)45(76)59-13/h20-21,23,25-29,32-35,38-42,72-73H,14-19,22,24H2,1-13H3,(H2,58,74)(H,59,76)(H,60,62)(H,63,79)(H,64,82)(H,65,77)(H,66,78)(H,67,83)(H,68,84)(H,69,80)(H,70,75)(H,71,81)(H,85,86,87)/t27-,28-,29+,32+,33-,34-,35-,38-,39-,40-,41+,42+/m0/s1. The molecule has 30 nitrogen and oxygen atoms in total. The molecule has 2 aromatic heterocycles. The molecule has 2 heterocycles. The van der Waals surface area contributed by atoms with Crippen LogP contribution in [0, 0.1) is 23.2 Å². The molecule has 0 aliphatic heterocycles. The van der Waals surface area contributed by atoms with Crippen LogP contribution in [0.25, 0.3) is 0 Å². The molecule has 2 aromatic rings. The number of carbonyl (C=O) groups excluding carboxylic acids is 11. The van der Waals surface area contributed by atoms with Crippen LogP contribution in [0.15, 0.2) is 24.8 Å². The fraction of sp³-hybridized carbons (Fsp3) is 0.655. The minimum Gasteiger partial charge on any atom is -0.394 e. The van der Waals surface area contributed by atoms with Crippen molar-refractivity contribution in [3.8, 4) is 0 Å². The molecule has 0 saturated heterocycles. The van der Waals surface area contributed by atoms with Crippen LogP contribution in [-0.2, 0) is 64.5 Å². The van der Waals surface area contributed by atoms with E-state index in [0.29, 0.717) is 6.42 Å². The SMILES string of the molecule is CC[C@H](C)[C@H](NC(=O)[C@@H](NC(=O)c1ccnc(Cl)c1Cl)C(C)(C)C)C(=O)N[C@H](C(=O)N[C@H](C(=O)N[C@H](C(=O)N[C@@H](CCC(N)=O)C(=O)N[C@@H](Cc1c[nH]cn1)C(=O)N[C@H](CCC(C)C)C(=O)N[C@@H](CO)C(=O)NC)[C@@H](C)O)[C@@H](C)CC)C(C)(C)S(=O)(=O)O. The summed E-state index contributed by atoms with van der Waals surface area (Å²) in [5.74, 6) is -12.8. The van der Waals surface area contributed by atoms with Crippen molar-refractivity contribution >= 4 is 98.3 Å². The Balaban J connectivity index is 2.57. The number of likely N-dealkylation sites (N-methyl/N-ethyl adjacent to an activating group) is 1. The molecule has 0 fully saturated rings. The minimum absolute atomic E-state index is 0.0263. The van der Waals surface area contributed by atoms with E-state index in [-0.39, 0.29) is 53.0 Å². The average Bonchev–Trinajstić information content (AvgIpc) is 1.56. The zero-order valence-corrected chi connectivity index (χ0v) is 54.1. The van der Waals surface area contributed by atoms with E-state index in [9.17, 15) is 75.9 Å². The number of imidazole rings is 1. The van der Waals surface area contributed by atoms with Gasteiger partial charge in [0.2, 0.25) is 59.1 Å². The van der Waals surface area contributed by atoms with Gasteiger partial charge in [0.25, 0.3) is 16.0 Å². The quantitative estimate of drug-likeness (QED) is 0.0289. The van der Waals surface area contributed by atoms with E-state index in [1.807, 2.05) is 13.8 Å². The highest BCUT2D eigenvalue weighted by atomic mass is 35.5. The van der Waals surface area contributed by atoms with Gasteiger partial charge in [-0.05, 0) is 69.3 Å². The highest BCUT2D eigenvalue weighted by Gasteiger charge is 2.49. The predicted molar refractivity (Wildman–Crippen MR) is 323 cm³/mol. The van der Waals surface area contributed by atoms with E-state index >= 15 is 0 Å². The van der Waals surface area contributed by atoms with E-state index in [1.165, 1.54) is 38.8 Å². The molecule has 33 heteroatoms. The monoisotopic (exact) mass is 1300 g/mol. The Morgan fingerprint density at radius 3 is 1.57 bits per heavy atom. The van der Waals surface area contributed by atoms with Gasteiger partial charge in [-0.1, -0.05) is 98.4 Å². The third-order valence-electron chi connectivity index (χ3n) is 14.7. The van der Waals surface area contributed by atoms with Crippen LogP contribution in [-0.4, -0.2) is 182 Å². The first-order valence-electron chi connectivity index (χ1n) is 28.5. The zero-order valence-electron chi connectivity index (χ0n) is 51.8. The van der Waals surface area contributed by atoms with Crippen molar-refractivity contribution in [3.63, 3.8) is 0 Å². The van der Waals surface area contributed by atoms with Gasteiger partial charge in [-0.15, -0.1) is 0 Å². The molecule has 494 valence electrons. The number of carbonyl (C=O) groups is 11. The van der Waals surface area contributed by atoms with Crippen molar-refractivity contribution in [3.05, 3.63) is 46.2 Å². The van der Waals surface area contributed by atoms with Crippen molar-refractivity contribution in [1.82, 2.24) is 68.1 Å². The average molecular weight is 1300 g/mol. The second-order valence-corrected chi connectivity index (χ2v) is 26.2. The summed E-state index contributed by atoms with van der Waals surface area (Å²) in [5, 5.41) is 44.9. The number of halogens is 2. The summed E-state index contributed by atoms with van der Waals surface area (Å²) in [6.07, 6.45) is 1.53. The summed E-state index contributed by atoms with van der Waals surface area (Å²) < 4.78 is 34.1. The van der Waals surface area contributed by atoms with Gasteiger partial charge in [0, 0.05) is 32.3 Å². The van der Waals surface area contributed by atoms with Crippen molar-refractivity contribution in [2.24, 2.45) is 28.9 Å². The number of nitrogens with one attached hydrogen (secondary N) is 11. The predicted octanol–water partition coefficient (Wildman–Crippen LogP) is -1.04. The molecule has 0 aliphatic carbocycles. The maximum absolute atomic E-state index is 14.6. The molecular formula is C55H88Cl2N14O16S. The molecule has 0 spiro atoms. The first-order valence-corrected chi connectivity index (χ1v) is 30.7. The molecule has 16 N–H and O–H groups in total. The van der Waals surface area contributed by atoms with Crippen LogP contribution in [0.2, 0.25) is 10.2 Å². The number of nitrogens with zero attached hydrogens (tertiary/aromatic N) is 2. The number of rotatable bonds is 35. The number of aromatic nitrogens is 3. The maximum Gasteiger partial charge on any atom is 0.272 e. The second-order valence-electron chi connectivity index (χ2n) is 23.5. The normalized spacial score (nSPS) is 15.9. The number of nitrogens with two attached hydrogens (primary N) is 1. The van der Waals surface area contributed by atoms with E-state index in [4.69, 9.17) is 28.9 Å². The van der Waals surface area contributed by atoms with Crippen LogP contribution >= 0.6 is 23.2 Å². The Morgan fingerprint density at radius 1 is 0.625 bits per heavy atom. The summed E-state index contributed by atoms with van der Waals surface area (Å²) in [6, 6.07) is -13.6. The molecular weight excluding hydrogens is 1220 g/mol. The lowest BCUT2D eigenvalue weighted by molar-refractivity contribution is -0.138. The molecule has 11 amide bonds. The highest BCUT2D eigenvalue weighted by Crippen LogP contribution is 2.27. The summed E-state index contributed by atoms with van der Waals surface area (Å²) >= 11 is 12.3. The van der Waals surface area contributed by atoms with Crippen LogP contribution in [0.5, 0.6) is 0 Å². The summed E-state index contributed by atoms with van der Waals surface area (Å²) in [5.41, 5.74) is 4.53. The molecule has 0 aromatic carbocycles. The van der Waals surface area contributed by atoms with E-state index in [2.05, 4.69) is 68.1 Å². The van der Waals surface area contributed by atoms with E-state index in [1.54, 1.807) is 41.5 Å². The van der Waals surface area contributed by atoms with Gasteiger partial charge in [0.05, 0.1) is 35.3 Å². The van der Waals surface area contributed by atoms with Gasteiger partial charge in [-0.25, -0.2) is 9.97 Å². The second kappa shape index (κ2) is 34.6. The lowest BCUT2D eigenvalue weighted by Gasteiger charge is -2.36. The van der Waals surface area contributed by atoms with Crippen LogP contribution < -0.4 is 58.9 Å². The number of aliphatic hydroxyl groups excluding tert-OH is 2. The summed E-state index contributed by atoms with van der Waals surface area (Å²) in [7, 11) is -4.00. The first kappa shape index (κ1) is 77.0. The van der Waals surface area contributed by atoms with Gasteiger partial charge in [-0.3, -0.25) is 57.3 Å². The zero-order chi connectivity index (χ0) is 67.3. The van der Waals surface area contributed by atoms with E-state index in [0.717, 1.165) is 20.8 Å². The molecule has 2 rings (SSSR count). The van der Waals surface area contributed by atoms with Crippen molar-refractivity contribution in [2.75, 3.05) is 13.7 Å². The van der Waals surface area contributed by atoms with Gasteiger partial charge < -0.3 is 74.1 Å². The fourth-order valence-electron chi connectivity index (χ4n) is 8.53. The molecule has 0 aliphatic rings. The Kier molecular flexibility index (Phi) is 30.3. The number of primary amides is 1. The smallest absolute Gasteiger partial charge is 0.272 e. The van der Waals surface area contributed by atoms with Crippen LogP contribution in [0.4, 0.5) is 0 Å². The lowest BCUT2D eigenvalue weighted by atomic mass is 9.85. The Labute approximate surface area is 522 Å².